The Balaban J connectivity index is 1.99. The van der Waals surface area contributed by atoms with E-state index < -0.39 is 11.9 Å². The number of aliphatic carboxylic acids is 1. The minimum absolute atomic E-state index is 0.152. The number of hydrogen-bond acceptors (Lipinski definition) is 4. The lowest BCUT2D eigenvalue weighted by atomic mass is 9.93. The molecular weight excluding hydrogens is 304 g/mol. The molecule has 5 nitrogen and oxygen atoms in total. The molecule has 0 aromatic heterocycles. The van der Waals surface area contributed by atoms with Crippen LogP contribution in [0.5, 0.6) is 0 Å². The van der Waals surface area contributed by atoms with Gasteiger partial charge in [-0.25, -0.2) is 0 Å². The molecule has 0 aliphatic carbocycles. The zero-order chi connectivity index (χ0) is 15.9. The number of carbonyl (C=O) groups is 2. The first-order chi connectivity index (χ1) is 10.6. The first-order valence-electron chi connectivity index (χ1n) is 7.52. The molecule has 1 unspecified atom stereocenters. The topological polar surface area (TPSA) is 78.4 Å². The van der Waals surface area contributed by atoms with Gasteiger partial charge in [0.2, 0.25) is 0 Å². The lowest BCUT2D eigenvalue weighted by Gasteiger charge is -2.25. The maximum absolute atomic E-state index is 12.5. The number of ketones is 1. The van der Waals surface area contributed by atoms with Crippen molar-refractivity contribution in [2.75, 3.05) is 19.6 Å². The average molecular weight is 325 g/mol. The van der Waals surface area contributed by atoms with Gasteiger partial charge in [-0.15, -0.1) is 0 Å². The van der Waals surface area contributed by atoms with Crippen molar-refractivity contribution in [3.8, 4) is 0 Å². The quantitative estimate of drug-likeness (QED) is 0.668. The summed E-state index contributed by atoms with van der Waals surface area (Å²) in [6, 6.07) is 6.92. The molecule has 1 aliphatic rings. The van der Waals surface area contributed by atoms with Gasteiger partial charge in [0.25, 0.3) is 0 Å². The zero-order valence-electron chi connectivity index (χ0n) is 12.3. The number of nitrogens with one attached hydrogen (secondary N) is 2. The van der Waals surface area contributed by atoms with Crippen LogP contribution in [-0.4, -0.2) is 42.5 Å². The van der Waals surface area contributed by atoms with Crippen molar-refractivity contribution in [3.05, 3.63) is 34.9 Å². The largest absolute Gasteiger partial charge is 0.481 e. The minimum Gasteiger partial charge on any atom is -0.481 e. The fraction of sp³-hybridized carbons (Fsp3) is 0.500. The van der Waals surface area contributed by atoms with Crippen molar-refractivity contribution in [2.24, 2.45) is 5.92 Å². The summed E-state index contributed by atoms with van der Waals surface area (Å²) in [5, 5.41) is 16.2. The maximum Gasteiger partial charge on any atom is 0.304 e. The summed E-state index contributed by atoms with van der Waals surface area (Å²) in [7, 11) is 0. The molecule has 1 aliphatic heterocycles. The van der Waals surface area contributed by atoms with E-state index in [0.717, 1.165) is 25.9 Å². The summed E-state index contributed by atoms with van der Waals surface area (Å²) in [5.74, 6) is -1.67. The number of Topliss-reactive ketones (excluding diaryl/α,β-unsaturated/α-hetero) is 1. The lowest BCUT2D eigenvalue weighted by molar-refractivity contribution is -0.137. The van der Waals surface area contributed by atoms with Crippen LogP contribution in [0.25, 0.3) is 0 Å². The van der Waals surface area contributed by atoms with Crippen molar-refractivity contribution in [3.63, 3.8) is 0 Å². The number of hydrogen-bond donors (Lipinski definition) is 3. The van der Waals surface area contributed by atoms with E-state index in [1.54, 1.807) is 24.3 Å². The third-order valence-electron chi connectivity index (χ3n) is 3.91. The van der Waals surface area contributed by atoms with Gasteiger partial charge in [-0.05, 0) is 50.2 Å². The van der Waals surface area contributed by atoms with E-state index in [0.29, 0.717) is 23.2 Å². The molecule has 0 spiro atoms. The van der Waals surface area contributed by atoms with Crippen LogP contribution in [0.4, 0.5) is 0 Å². The number of carbonyl (C=O) groups excluding carboxylic acids is 1. The number of carboxylic acids is 1. The highest BCUT2D eigenvalue weighted by Crippen LogP contribution is 2.16. The summed E-state index contributed by atoms with van der Waals surface area (Å²) < 4.78 is 0. The van der Waals surface area contributed by atoms with Gasteiger partial charge in [-0.2, -0.15) is 0 Å². The Kier molecular flexibility index (Phi) is 6.36. The Morgan fingerprint density at radius 1 is 1.27 bits per heavy atom. The van der Waals surface area contributed by atoms with Gasteiger partial charge in [0.1, 0.15) is 0 Å². The lowest BCUT2D eigenvalue weighted by Crippen LogP contribution is -2.43. The molecular formula is C16H21ClN2O3. The number of carboxylic acid groups (broad SMARTS) is 1. The number of rotatable bonds is 7. The van der Waals surface area contributed by atoms with Gasteiger partial charge in [0, 0.05) is 29.1 Å². The molecule has 1 heterocycles. The van der Waals surface area contributed by atoms with Gasteiger partial charge in [0.05, 0.1) is 6.42 Å². The first kappa shape index (κ1) is 16.9. The molecule has 1 aromatic rings. The molecule has 0 bridgehead atoms. The van der Waals surface area contributed by atoms with Crippen LogP contribution >= 0.6 is 11.6 Å². The van der Waals surface area contributed by atoms with E-state index in [-0.39, 0.29) is 12.2 Å². The second kappa shape index (κ2) is 8.27. The Labute approximate surface area is 135 Å². The summed E-state index contributed by atoms with van der Waals surface area (Å²) in [6.45, 7) is 2.29. The van der Waals surface area contributed by atoms with Crippen LogP contribution in [0.15, 0.2) is 24.3 Å². The van der Waals surface area contributed by atoms with Crippen molar-refractivity contribution in [1.29, 1.82) is 0 Å². The highest BCUT2D eigenvalue weighted by Gasteiger charge is 2.24. The second-order valence-electron chi connectivity index (χ2n) is 5.60. The molecule has 1 fully saturated rings. The molecule has 120 valence electrons. The van der Waals surface area contributed by atoms with Crippen LogP contribution < -0.4 is 10.6 Å². The van der Waals surface area contributed by atoms with Crippen molar-refractivity contribution < 1.29 is 14.7 Å². The van der Waals surface area contributed by atoms with E-state index >= 15 is 0 Å². The van der Waals surface area contributed by atoms with Crippen molar-refractivity contribution >= 4 is 23.4 Å². The van der Waals surface area contributed by atoms with Gasteiger partial charge in [-0.3, -0.25) is 9.59 Å². The van der Waals surface area contributed by atoms with E-state index in [9.17, 15) is 9.59 Å². The molecule has 22 heavy (non-hydrogen) atoms. The fourth-order valence-corrected chi connectivity index (χ4v) is 2.78. The molecule has 6 heteroatoms. The molecule has 0 amide bonds. The normalized spacial score (nSPS) is 17.1. The summed E-state index contributed by atoms with van der Waals surface area (Å²) in [5.41, 5.74) is 0.503. The van der Waals surface area contributed by atoms with Gasteiger partial charge < -0.3 is 15.7 Å². The SMILES string of the molecule is O=C(O)CC(CNC1CCNCC1)C(=O)c1ccc(Cl)cc1. The molecule has 0 radical (unpaired) electrons. The summed E-state index contributed by atoms with van der Waals surface area (Å²) >= 11 is 5.82. The van der Waals surface area contributed by atoms with Gasteiger partial charge in [0.15, 0.2) is 5.78 Å². The highest BCUT2D eigenvalue weighted by molar-refractivity contribution is 6.30. The Morgan fingerprint density at radius 2 is 1.91 bits per heavy atom. The molecule has 0 saturated carbocycles. The standard InChI is InChI=1S/C16H21ClN2O3/c17-13-3-1-11(2-4-13)16(22)12(9-15(20)21)10-19-14-5-7-18-8-6-14/h1-4,12,14,18-19H,5-10H2,(H,20,21). The number of piperidine rings is 1. The van der Waals surface area contributed by atoms with E-state index in [4.69, 9.17) is 16.7 Å². The van der Waals surface area contributed by atoms with Crippen LogP contribution in [0, 0.1) is 5.92 Å². The number of halogens is 1. The van der Waals surface area contributed by atoms with Crippen molar-refractivity contribution in [1.82, 2.24) is 10.6 Å². The summed E-state index contributed by atoms with van der Waals surface area (Å²) in [6.07, 6.45) is 1.82. The van der Waals surface area contributed by atoms with E-state index in [1.165, 1.54) is 0 Å². The zero-order valence-corrected chi connectivity index (χ0v) is 13.1. The van der Waals surface area contributed by atoms with Gasteiger partial charge in [-0.1, -0.05) is 11.6 Å². The van der Waals surface area contributed by atoms with Crippen LogP contribution in [0.2, 0.25) is 5.02 Å². The first-order valence-corrected chi connectivity index (χ1v) is 7.89. The third kappa shape index (κ3) is 5.09. The Hall–Kier alpha value is -1.43. The molecule has 2 rings (SSSR count). The molecule has 1 aromatic carbocycles. The molecule has 1 saturated heterocycles. The third-order valence-corrected chi connectivity index (χ3v) is 4.16. The summed E-state index contributed by atoms with van der Waals surface area (Å²) in [4.78, 5) is 23.5. The predicted molar refractivity (Wildman–Crippen MR) is 85.4 cm³/mol. The van der Waals surface area contributed by atoms with E-state index in [1.807, 2.05) is 0 Å². The van der Waals surface area contributed by atoms with Gasteiger partial charge >= 0.3 is 5.97 Å². The Morgan fingerprint density at radius 3 is 2.50 bits per heavy atom. The minimum atomic E-state index is -0.959. The van der Waals surface area contributed by atoms with Crippen LogP contribution in [0.3, 0.4) is 0 Å². The second-order valence-corrected chi connectivity index (χ2v) is 6.03. The van der Waals surface area contributed by atoms with E-state index in [2.05, 4.69) is 10.6 Å². The van der Waals surface area contributed by atoms with Crippen LogP contribution in [0.1, 0.15) is 29.6 Å². The average Bonchev–Trinajstić information content (AvgIpc) is 2.52. The highest BCUT2D eigenvalue weighted by atomic mass is 35.5. The Bertz CT molecular complexity index is 513. The number of benzene rings is 1. The monoisotopic (exact) mass is 324 g/mol. The molecule has 3 N–H and O–H groups in total. The fourth-order valence-electron chi connectivity index (χ4n) is 2.65. The van der Waals surface area contributed by atoms with Crippen LogP contribution in [-0.2, 0) is 4.79 Å². The maximum atomic E-state index is 12.5. The van der Waals surface area contributed by atoms with Crippen molar-refractivity contribution in [2.45, 2.75) is 25.3 Å². The molecule has 1 atom stereocenters. The predicted octanol–water partition coefficient (Wildman–Crippen LogP) is 1.96. The smallest absolute Gasteiger partial charge is 0.304 e.